The van der Waals surface area contributed by atoms with Crippen molar-refractivity contribution in [2.45, 2.75) is 25.9 Å². The number of nitrogens with one attached hydrogen (secondary N) is 2. The van der Waals surface area contributed by atoms with Crippen molar-refractivity contribution in [2.24, 2.45) is 5.73 Å². The molecular weight excluding hydrogens is 346 g/mol. The number of urea groups is 1. The molecular formula is C19H25N5O3. The normalized spacial score (nSPS) is 10.3. The number of hydrogen-bond donors (Lipinski definition) is 4. The van der Waals surface area contributed by atoms with Gasteiger partial charge in [0.2, 0.25) is 5.91 Å². The Balaban J connectivity index is 1.68. The molecule has 1 heterocycles. The van der Waals surface area contributed by atoms with Crippen molar-refractivity contribution in [3.05, 3.63) is 53.7 Å². The minimum Gasteiger partial charge on any atom is -0.508 e. The van der Waals surface area contributed by atoms with Gasteiger partial charge in [0.05, 0.1) is 0 Å². The summed E-state index contributed by atoms with van der Waals surface area (Å²) in [5, 5.41) is 15.1. The lowest BCUT2D eigenvalue weighted by Crippen LogP contribution is -2.37. The van der Waals surface area contributed by atoms with Gasteiger partial charge in [-0.15, -0.1) is 0 Å². The molecule has 0 bridgehead atoms. The standard InChI is InChI=1S/C19H25N5O3/c1-24(19(27)22-13-15-5-2-3-6-16(15)25)10-4-7-18(26)23-17-9-8-14(11-20)12-21-17/h2-3,5-6,8-9,12,25H,4,7,10-11,13,20H2,1H3,(H,22,27)(H,21,23,26). The smallest absolute Gasteiger partial charge is 0.317 e. The highest BCUT2D eigenvalue weighted by molar-refractivity contribution is 5.89. The minimum atomic E-state index is -0.266. The molecule has 0 saturated heterocycles. The number of hydrogen-bond acceptors (Lipinski definition) is 5. The monoisotopic (exact) mass is 371 g/mol. The molecule has 3 amide bonds. The zero-order valence-corrected chi connectivity index (χ0v) is 15.3. The summed E-state index contributed by atoms with van der Waals surface area (Å²) >= 11 is 0. The molecule has 27 heavy (non-hydrogen) atoms. The van der Waals surface area contributed by atoms with Gasteiger partial charge in [0.1, 0.15) is 11.6 Å². The van der Waals surface area contributed by atoms with E-state index in [2.05, 4.69) is 15.6 Å². The second-order valence-corrected chi connectivity index (χ2v) is 6.12. The van der Waals surface area contributed by atoms with Crippen LogP contribution in [0.3, 0.4) is 0 Å². The van der Waals surface area contributed by atoms with E-state index in [1.54, 1.807) is 43.6 Å². The maximum atomic E-state index is 12.1. The first-order chi connectivity index (χ1) is 13.0. The first-order valence-electron chi connectivity index (χ1n) is 8.70. The molecule has 144 valence electrons. The molecule has 8 nitrogen and oxygen atoms in total. The number of para-hydroxylation sites is 1. The Morgan fingerprint density at radius 3 is 2.67 bits per heavy atom. The third-order valence-corrected chi connectivity index (χ3v) is 3.99. The molecule has 5 N–H and O–H groups in total. The van der Waals surface area contributed by atoms with Gasteiger partial charge in [0, 0.05) is 44.9 Å². The number of carbonyl (C=O) groups is 2. The van der Waals surface area contributed by atoms with Crippen LogP contribution in [0.15, 0.2) is 42.6 Å². The fraction of sp³-hybridized carbons (Fsp3) is 0.316. The minimum absolute atomic E-state index is 0.144. The zero-order valence-electron chi connectivity index (χ0n) is 15.3. The summed E-state index contributed by atoms with van der Waals surface area (Å²) in [7, 11) is 1.66. The van der Waals surface area contributed by atoms with Gasteiger partial charge in [-0.25, -0.2) is 9.78 Å². The topological polar surface area (TPSA) is 121 Å². The summed E-state index contributed by atoms with van der Waals surface area (Å²) in [6.07, 6.45) is 2.42. The number of anilines is 1. The Labute approximate surface area is 158 Å². The number of aromatic nitrogens is 1. The summed E-state index contributed by atoms with van der Waals surface area (Å²) in [5.41, 5.74) is 7.04. The van der Waals surface area contributed by atoms with E-state index in [1.165, 1.54) is 4.90 Å². The van der Waals surface area contributed by atoms with E-state index in [0.717, 1.165) is 5.56 Å². The number of carbonyl (C=O) groups excluding carboxylic acids is 2. The highest BCUT2D eigenvalue weighted by Crippen LogP contribution is 2.14. The van der Waals surface area contributed by atoms with Gasteiger partial charge in [0.25, 0.3) is 0 Å². The van der Waals surface area contributed by atoms with Crippen molar-refractivity contribution in [3.63, 3.8) is 0 Å². The van der Waals surface area contributed by atoms with Gasteiger partial charge in [-0.1, -0.05) is 24.3 Å². The SMILES string of the molecule is CN(CCCC(=O)Nc1ccc(CN)cn1)C(=O)NCc1ccccc1O. The van der Waals surface area contributed by atoms with E-state index < -0.39 is 0 Å². The summed E-state index contributed by atoms with van der Waals surface area (Å²) in [6, 6.07) is 10.1. The molecule has 0 aliphatic rings. The van der Waals surface area contributed by atoms with E-state index in [9.17, 15) is 14.7 Å². The van der Waals surface area contributed by atoms with Gasteiger partial charge in [-0.2, -0.15) is 0 Å². The van der Waals surface area contributed by atoms with Gasteiger partial charge >= 0.3 is 6.03 Å². The number of phenolic OH excluding ortho intramolecular Hbond substituents is 1. The summed E-state index contributed by atoms with van der Waals surface area (Å²) in [4.78, 5) is 29.6. The van der Waals surface area contributed by atoms with Crippen LogP contribution in [0.1, 0.15) is 24.0 Å². The first-order valence-corrected chi connectivity index (χ1v) is 8.70. The van der Waals surface area contributed by atoms with Gasteiger partial charge in [-0.05, 0) is 24.1 Å². The van der Waals surface area contributed by atoms with Crippen LogP contribution in [-0.2, 0) is 17.9 Å². The molecule has 0 atom stereocenters. The number of nitrogens with zero attached hydrogens (tertiary/aromatic N) is 2. The van der Waals surface area contributed by atoms with Crippen LogP contribution in [0.5, 0.6) is 5.75 Å². The lowest BCUT2D eigenvalue weighted by Gasteiger charge is -2.18. The van der Waals surface area contributed by atoms with Crippen LogP contribution in [0.4, 0.5) is 10.6 Å². The number of pyridine rings is 1. The van der Waals surface area contributed by atoms with Crippen molar-refractivity contribution >= 4 is 17.8 Å². The molecule has 0 fully saturated rings. The lowest BCUT2D eigenvalue weighted by atomic mass is 10.2. The molecule has 0 aliphatic heterocycles. The molecule has 0 radical (unpaired) electrons. The average Bonchev–Trinajstić information content (AvgIpc) is 2.67. The van der Waals surface area contributed by atoms with Crippen molar-refractivity contribution in [1.82, 2.24) is 15.2 Å². The van der Waals surface area contributed by atoms with E-state index in [0.29, 0.717) is 30.9 Å². The van der Waals surface area contributed by atoms with Gasteiger partial charge in [-0.3, -0.25) is 4.79 Å². The molecule has 0 aliphatic carbocycles. The van der Waals surface area contributed by atoms with Crippen molar-refractivity contribution in [1.29, 1.82) is 0 Å². The van der Waals surface area contributed by atoms with Gasteiger partial charge < -0.3 is 26.4 Å². The van der Waals surface area contributed by atoms with Crippen LogP contribution in [-0.4, -0.2) is 40.5 Å². The maximum Gasteiger partial charge on any atom is 0.317 e. The molecule has 1 aromatic carbocycles. The predicted molar refractivity (Wildman–Crippen MR) is 103 cm³/mol. The van der Waals surface area contributed by atoms with Crippen LogP contribution >= 0.6 is 0 Å². The Hall–Kier alpha value is -3.13. The van der Waals surface area contributed by atoms with Crippen molar-refractivity contribution < 1.29 is 14.7 Å². The van der Waals surface area contributed by atoms with Crippen LogP contribution in [0.2, 0.25) is 0 Å². The molecule has 2 rings (SSSR count). The third-order valence-electron chi connectivity index (χ3n) is 3.99. The second-order valence-electron chi connectivity index (χ2n) is 6.12. The van der Waals surface area contributed by atoms with E-state index in [4.69, 9.17) is 5.73 Å². The Kier molecular flexibility index (Phi) is 7.57. The number of benzene rings is 1. The Morgan fingerprint density at radius 1 is 1.22 bits per heavy atom. The Morgan fingerprint density at radius 2 is 2.00 bits per heavy atom. The molecule has 2 aromatic rings. The number of rotatable bonds is 8. The number of phenols is 1. The van der Waals surface area contributed by atoms with Gasteiger partial charge in [0.15, 0.2) is 0 Å². The second kappa shape index (κ2) is 10.1. The molecule has 1 aromatic heterocycles. The summed E-state index contributed by atoms with van der Waals surface area (Å²) in [5.74, 6) is 0.460. The fourth-order valence-electron chi connectivity index (χ4n) is 2.37. The van der Waals surface area contributed by atoms with Crippen LogP contribution < -0.4 is 16.4 Å². The first kappa shape index (κ1) is 20.2. The fourth-order valence-corrected chi connectivity index (χ4v) is 2.37. The summed E-state index contributed by atoms with van der Waals surface area (Å²) < 4.78 is 0. The average molecular weight is 371 g/mol. The highest BCUT2D eigenvalue weighted by Gasteiger charge is 2.10. The van der Waals surface area contributed by atoms with E-state index >= 15 is 0 Å². The third kappa shape index (κ3) is 6.59. The molecule has 0 saturated carbocycles. The van der Waals surface area contributed by atoms with E-state index in [-0.39, 0.29) is 30.7 Å². The van der Waals surface area contributed by atoms with Crippen LogP contribution in [0, 0.1) is 0 Å². The maximum absolute atomic E-state index is 12.1. The molecule has 0 unspecified atom stereocenters. The van der Waals surface area contributed by atoms with Crippen LogP contribution in [0.25, 0.3) is 0 Å². The lowest BCUT2D eigenvalue weighted by molar-refractivity contribution is -0.116. The molecule has 8 heteroatoms. The predicted octanol–water partition coefficient (Wildman–Crippen LogP) is 1.81. The number of nitrogens with two attached hydrogens (primary N) is 1. The van der Waals surface area contributed by atoms with E-state index in [1.807, 2.05) is 6.07 Å². The number of amides is 3. The van der Waals surface area contributed by atoms with Crippen molar-refractivity contribution in [2.75, 3.05) is 18.9 Å². The summed E-state index contributed by atoms with van der Waals surface area (Å²) in [6.45, 7) is 1.07. The Bertz CT molecular complexity index is 764. The molecule has 0 spiro atoms. The largest absolute Gasteiger partial charge is 0.508 e. The zero-order chi connectivity index (χ0) is 19.6. The van der Waals surface area contributed by atoms with Crippen molar-refractivity contribution in [3.8, 4) is 5.75 Å². The number of aromatic hydroxyl groups is 1. The quantitative estimate of drug-likeness (QED) is 0.564. The highest BCUT2D eigenvalue weighted by atomic mass is 16.3.